The molecule has 4 nitrogen and oxygen atoms in total. The minimum atomic E-state index is -0.223. The number of aromatic nitrogens is 1. The Bertz CT molecular complexity index is 885. The number of nitrogens with zero attached hydrogens (tertiary/aromatic N) is 2. The van der Waals surface area contributed by atoms with Gasteiger partial charge in [0.25, 0.3) is 5.91 Å². The molecule has 1 amide bonds. The number of rotatable bonds is 4. The van der Waals surface area contributed by atoms with Crippen LogP contribution in [0.25, 0.3) is 5.69 Å². The van der Waals surface area contributed by atoms with Gasteiger partial charge in [-0.2, -0.15) is 5.10 Å². The summed E-state index contributed by atoms with van der Waals surface area (Å²) in [6.45, 7) is 2.04. The van der Waals surface area contributed by atoms with Crippen molar-refractivity contribution in [2.24, 2.45) is 5.10 Å². The van der Waals surface area contributed by atoms with Crippen molar-refractivity contribution in [3.05, 3.63) is 87.3 Å². The molecule has 0 atom stereocenters. The number of nitrogens with one attached hydrogen (secondary N) is 1. The monoisotopic (exact) mass is 429 g/mol. The Morgan fingerprint density at radius 2 is 1.88 bits per heavy atom. The molecule has 0 saturated carbocycles. The van der Waals surface area contributed by atoms with E-state index in [4.69, 9.17) is 0 Å². The summed E-state index contributed by atoms with van der Waals surface area (Å²) in [5.41, 5.74) is 6.24. The molecule has 24 heavy (non-hydrogen) atoms. The SMILES string of the molecule is Cc1ccc(/C=N/NC(=O)c2cccc(I)c2)n1-c1ccccc1. The van der Waals surface area contributed by atoms with Crippen LogP contribution in [0.15, 0.2) is 71.8 Å². The molecule has 3 rings (SSSR count). The molecule has 0 saturated heterocycles. The predicted octanol–water partition coefficient (Wildman–Crippen LogP) is 4.15. The minimum absolute atomic E-state index is 0.223. The zero-order valence-corrected chi connectivity index (χ0v) is 15.3. The van der Waals surface area contributed by atoms with E-state index < -0.39 is 0 Å². The molecule has 5 heteroatoms. The first-order valence-electron chi connectivity index (χ1n) is 7.48. The quantitative estimate of drug-likeness (QED) is 0.378. The van der Waals surface area contributed by atoms with Crippen LogP contribution in [0.2, 0.25) is 0 Å². The van der Waals surface area contributed by atoms with Crippen molar-refractivity contribution in [3.8, 4) is 5.69 Å². The summed E-state index contributed by atoms with van der Waals surface area (Å²) in [6.07, 6.45) is 1.66. The number of hydrogen-bond acceptors (Lipinski definition) is 2. The van der Waals surface area contributed by atoms with E-state index in [0.717, 1.165) is 20.6 Å². The molecule has 3 aromatic rings. The Morgan fingerprint density at radius 3 is 2.62 bits per heavy atom. The number of benzene rings is 2. The normalized spacial score (nSPS) is 10.9. The highest BCUT2D eigenvalue weighted by atomic mass is 127. The molecule has 1 N–H and O–H groups in total. The molecule has 1 heterocycles. The van der Waals surface area contributed by atoms with Crippen LogP contribution >= 0.6 is 22.6 Å². The number of carbonyl (C=O) groups is 1. The molecule has 1 aromatic heterocycles. The highest BCUT2D eigenvalue weighted by Gasteiger charge is 2.06. The summed E-state index contributed by atoms with van der Waals surface area (Å²) >= 11 is 2.18. The molecular formula is C19H16IN3O. The molecule has 0 spiro atoms. The van der Waals surface area contributed by atoms with Crippen molar-refractivity contribution < 1.29 is 4.79 Å². The van der Waals surface area contributed by atoms with Crippen LogP contribution in [-0.4, -0.2) is 16.7 Å². The second kappa shape index (κ2) is 7.44. The van der Waals surface area contributed by atoms with E-state index in [9.17, 15) is 4.79 Å². The standard InChI is InChI=1S/C19H16IN3O/c1-14-10-11-18(23(14)17-8-3-2-4-9-17)13-21-22-19(24)15-6-5-7-16(20)12-15/h2-13H,1H3,(H,22,24)/b21-13+. The largest absolute Gasteiger partial charge is 0.313 e. The summed E-state index contributed by atoms with van der Waals surface area (Å²) in [4.78, 5) is 12.1. The lowest BCUT2D eigenvalue weighted by Gasteiger charge is -2.08. The Kier molecular flexibility index (Phi) is 5.10. The topological polar surface area (TPSA) is 46.4 Å². The Balaban J connectivity index is 1.77. The highest BCUT2D eigenvalue weighted by molar-refractivity contribution is 14.1. The van der Waals surface area contributed by atoms with Gasteiger partial charge in [-0.25, -0.2) is 5.43 Å². The van der Waals surface area contributed by atoms with E-state index in [0.29, 0.717) is 5.56 Å². The number of para-hydroxylation sites is 1. The second-order valence-corrected chi connectivity index (χ2v) is 6.53. The molecule has 0 aliphatic heterocycles. The second-order valence-electron chi connectivity index (χ2n) is 5.28. The van der Waals surface area contributed by atoms with Gasteiger partial charge >= 0.3 is 0 Å². The lowest BCUT2D eigenvalue weighted by molar-refractivity contribution is 0.0955. The van der Waals surface area contributed by atoms with Crippen LogP contribution in [0.5, 0.6) is 0 Å². The third-order valence-electron chi connectivity index (χ3n) is 3.57. The molecular weight excluding hydrogens is 413 g/mol. The zero-order valence-electron chi connectivity index (χ0n) is 13.1. The third kappa shape index (κ3) is 3.73. The molecule has 120 valence electrons. The van der Waals surface area contributed by atoms with Gasteiger partial charge in [-0.3, -0.25) is 4.79 Å². The van der Waals surface area contributed by atoms with Crippen LogP contribution in [0.4, 0.5) is 0 Å². The van der Waals surface area contributed by atoms with Crippen molar-refractivity contribution in [2.75, 3.05) is 0 Å². The maximum absolute atomic E-state index is 12.1. The van der Waals surface area contributed by atoms with Gasteiger partial charge < -0.3 is 4.57 Å². The first-order chi connectivity index (χ1) is 11.6. The van der Waals surface area contributed by atoms with E-state index in [2.05, 4.69) is 37.7 Å². The summed E-state index contributed by atoms with van der Waals surface area (Å²) in [6, 6.07) is 21.4. The fourth-order valence-electron chi connectivity index (χ4n) is 2.44. The molecule has 0 aliphatic rings. The molecule has 0 bridgehead atoms. The summed E-state index contributed by atoms with van der Waals surface area (Å²) in [5.74, 6) is -0.223. The Morgan fingerprint density at radius 1 is 1.08 bits per heavy atom. The predicted molar refractivity (Wildman–Crippen MR) is 105 cm³/mol. The maximum atomic E-state index is 12.1. The minimum Gasteiger partial charge on any atom is -0.313 e. The van der Waals surface area contributed by atoms with Crippen LogP contribution in [-0.2, 0) is 0 Å². The molecule has 0 unspecified atom stereocenters. The number of halogens is 1. The van der Waals surface area contributed by atoms with Crippen molar-refractivity contribution in [1.82, 2.24) is 9.99 Å². The lowest BCUT2D eigenvalue weighted by atomic mass is 10.2. The van der Waals surface area contributed by atoms with Gasteiger partial charge in [-0.15, -0.1) is 0 Å². The van der Waals surface area contributed by atoms with E-state index in [-0.39, 0.29) is 5.91 Å². The fourth-order valence-corrected chi connectivity index (χ4v) is 2.98. The molecule has 2 aromatic carbocycles. The average molecular weight is 429 g/mol. The van der Waals surface area contributed by atoms with Gasteiger partial charge in [0.1, 0.15) is 0 Å². The smallest absolute Gasteiger partial charge is 0.271 e. The van der Waals surface area contributed by atoms with Crippen LogP contribution in [0, 0.1) is 10.5 Å². The van der Waals surface area contributed by atoms with Gasteiger partial charge in [0.2, 0.25) is 0 Å². The van der Waals surface area contributed by atoms with Crippen molar-refractivity contribution >= 4 is 34.7 Å². The molecule has 0 fully saturated rings. The average Bonchev–Trinajstić information content (AvgIpc) is 2.96. The number of amides is 1. The highest BCUT2D eigenvalue weighted by Crippen LogP contribution is 2.15. The van der Waals surface area contributed by atoms with Crippen LogP contribution in [0.3, 0.4) is 0 Å². The first-order valence-corrected chi connectivity index (χ1v) is 8.56. The van der Waals surface area contributed by atoms with E-state index in [1.165, 1.54) is 0 Å². The summed E-state index contributed by atoms with van der Waals surface area (Å²) in [7, 11) is 0. The fraction of sp³-hybridized carbons (Fsp3) is 0.0526. The lowest BCUT2D eigenvalue weighted by Crippen LogP contribution is -2.18. The van der Waals surface area contributed by atoms with E-state index >= 15 is 0 Å². The van der Waals surface area contributed by atoms with Gasteiger partial charge in [-0.05, 0) is 72.0 Å². The third-order valence-corrected chi connectivity index (χ3v) is 4.24. The molecule has 0 radical (unpaired) electrons. The maximum Gasteiger partial charge on any atom is 0.271 e. The van der Waals surface area contributed by atoms with Crippen LogP contribution in [0.1, 0.15) is 21.7 Å². The summed E-state index contributed by atoms with van der Waals surface area (Å²) < 4.78 is 3.10. The van der Waals surface area contributed by atoms with Gasteiger partial charge in [-0.1, -0.05) is 24.3 Å². The number of aryl methyl sites for hydroxylation is 1. The van der Waals surface area contributed by atoms with Gasteiger partial charge in [0, 0.05) is 20.5 Å². The number of hydrazone groups is 1. The van der Waals surface area contributed by atoms with Crippen molar-refractivity contribution in [2.45, 2.75) is 6.92 Å². The Hall–Kier alpha value is -2.41. The number of hydrogen-bond donors (Lipinski definition) is 1. The van der Waals surface area contributed by atoms with Crippen LogP contribution < -0.4 is 5.43 Å². The van der Waals surface area contributed by atoms with E-state index in [1.54, 1.807) is 12.3 Å². The number of carbonyl (C=O) groups excluding carboxylic acids is 1. The molecule has 0 aliphatic carbocycles. The summed E-state index contributed by atoms with van der Waals surface area (Å²) in [5, 5.41) is 4.10. The van der Waals surface area contributed by atoms with E-state index in [1.807, 2.05) is 67.6 Å². The first kappa shape index (κ1) is 16.4. The van der Waals surface area contributed by atoms with Gasteiger partial charge in [0.15, 0.2) is 0 Å². The van der Waals surface area contributed by atoms with Gasteiger partial charge in [0.05, 0.1) is 11.9 Å². The van der Waals surface area contributed by atoms with Crippen molar-refractivity contribution in [1.29, 1.82) is 0 Å². The zero-order chi connectivity index (χ0) is 16.9. The Labute approximate surface area is 154 Å². The van der Waals surface area contributed by atoms with Crippen molar-refractivity contribution in [3.63, 3.8) is 0 Å².